The molecular weight excluding hydrogens is 304 g/mol. The fourth-order valence-electron chi connectivity index (χ4n) is 1.77. The lowest BCUT2D eigenvalue weighted by atomic mass is 10.2. The van der Waals surface area contributed by atoms with E-state index >= 15 is 0 Å². The maximum Gasteiger partial charge on any atom is 0.305 e. The molecule has 4 nitrogen and oxygen atoms in total. The van der Waals surface area contributed by atoms with Crippen molar-refractivity contribution < 1.29 is 19.1 Å². The van der Waals surface area contributed by atoms with Gasteiger partial charge in [-0.05, 0) is 25.2 Å². The van der Waals surface area contributed by atoms with Crippen molar-refractivity contribution in [3.05, 3.63) is 0 Å². The second-order valence-corrected chi connectivity index (χ2v) is 6.57. The van der Waals surface area contributed by atoms with E-state index in [2.05, 4.69) is 20.8 Å². The van der Waals surface area contributed by atoms with Crippen LogP contribution in [0.1, 0.15) is 98.8 Å². The molecule has 0 fully saturated rings. The Labute approximate surface area is 149 Å². The highest BCUT2D eigenvalue weighted by atomic mass is 16.5. The number of carbonyl (C=O) groups is 2. The smallest absolute Gasteiger partial charge is 0.305 e. The van der Waals surface area contributed by atoms with Crippen molar-refractivity contribution in [3.63, 3.8) is 0 Å². The number of esters is 2. The molecule has 0 spiro atoms. The lowest BCUT2D eigenvalue weighted by molar-refractivity contribution is -0.145. The Kier molecular flexibility index (Phi) is 21.0. The van der Waals surface area contributed by atoms with Crippen LogP contribution in [0, 0.1) is 5.92 Å². The molecule has 0 aromatic carbocycles. The minimum absolute atomic E-state index is 0.0306. The monoisotopic (exact) mass is 344 g/mol. The van der Waals surface area contributed by atoms with Crippen molar-refractivity contribution in [3.8, 4) is 0 Å². The highest BCUT2D eigenvalue weighted by Crippen LogP contribution is 2.02. The molecule has 0 unspecified atom stereocenters. The largest absolute Gasteiger partial charge is 0.466 e. The summed E-state index contributed by atoms with van der Waals surface area (Å²) in [6.07, 6.45) is 9.74. The van der Waals surface area contributed by atoms with Gasteiger partial charge in [0.05, 0.1) is 13.2 Å². The summed E-state index contributed by atoms with van der Waals surface area (Å²) in [5.74, 6) is 0.370. The van der Waals surface area contributed by atoms with Crippen LogP contribution in [0.2, 0.25) is 0 Å². The third-order valence-electron chi connectivity index (χ3n) is 3.31. The van der Waals surface area contributed by atoms with Crippen molar-refractivity contribution in [2.24, 2.45) is 5.92 Å². The molecule has 0 heterocycles. The lowest BCUT2D eigenvalue weighted by Gasteiger charge is -2.06. The van der Waals surface area contributed by atoms with Gasteiger partial charge < -0.3 is 9.47 Å². The summed E-state index contributed by atoms with van der Waals surface area (Å²) in [7, 11) is 0. The van der Waals surface area contributed by atoms with Gasteiger partial charge in [0.15, 0.2) is 0 Å². The van der Waals surface area contributed by atoms with Gasteiger partial charge in [-0.1, -0.05) is 66.7 Å². The Hall–Kier alpha value is -1.06. The zero-order chi connectivity index (χ0) is 18.6. The van der Waals surface area contributed by atoms with Gasteiger partial charge in [-0.2, -0.15) is 0 Å². The average molecular weight is 345 g/mol. The van der Waals surface area contributed by atoms with Gasteiger partial charge in [-0.15, -0.1) is 0 Å². The predicted octanol–water partition coefficient (Wildman–Crippen LogP) is 5.68. The number of ether oxygens (including phenoxy) is 2. The number of unbranched alkanes of at least 4 members (excludes halogenated alkanes) is 5. The van der Waals surface area contributed by atoms with Crippen molar-refractivity contribution in [1.82, 2.24) is 0 Å². The molecule has 0 rings (SSSR count). The molecule has 0 saturated carbocycles. The zero-order valence-electron chi connectivity index (χ0n) is 16.7. The Bertz CT molecular complexity index is 275. The van der Waals surface area contributed by atoms with E-state index in [1.165, 1.54) is 0 Å². The fourth-order valence-corrected chi connectivity index (χ4v) is 1.77. The summed E-state index contributed by atoms with van der Waals surface area (Å²) in [6, 6.07) is 0. The first-order chi connectivity index (χ1) is 11.5. The molecular formula is C20H40O4. The van der Waals surface area contributed by atoms with Crippen molar-refractivity contribution >= 4 is 11.9 Å². The minimum atomic E-state index is -0.0443. The van der Waals surface area contributed by atoms with Crippen LogP contribution >= 0.6 is 0 Å². The van der Waals surface area contributed by atoms with Gasteiger partial charge in [0.1, 0.15) is 0 Å². The third kappa shape index (κ3) is 23.2. The SMILES string of the molecule is CCCCCC(=O)OCC(C)C.CCCCCC(=O)OCCCC. The van der Waals surface area contributed by atoms with Crippen molar-refractivity contribution in [1.29, 1.82) is 0 Å². The van der Waals surface area contributed by atoms with Crippen LogP contribution in [0.4, 0.5) is 0 Å². The molecule has 0 radical (unpaired) electrons. The lowest BCUT2D eigenvalue weighted by Crippen LogP contribution is -2.09. The normalized spacial score (nSPS) is 10.1. The van der Waals surface area contributed by atoms with Crippen LogP contribution in [0.5, 0.6) is 0 Å². The van der Waals surface area contributed by atoms with Crippen LogP contribution in [0.15, 0.2) is 0 Å². The van der Waals surface area contributed by atoms with Gasteiger partial charge in [-0.3, -0.25) is 9.59 Å². The first-order valence-electron chi connectivity index (χ1n) is 9.79. The summed E-state index contributed by atoms with van der Waals surface area (Å²) in [5.41, 5.74) is 0. The van der Waals surface area contributed by atoms with Gasteiger partial charge >= 0.3 is 11.9 Å². The van der Waals surface area contributed by atoms with E-state index in [-0.39, 0.29) is 11.9 Å². The molecule has 0 saturated heterocycles. The van der Waals surface area contributed by atoms with Gasteiger partial charge in [0.2, 0.25) is 0 Å². The third-order valence-corrected chi connectivity index (χ3v) is 3.31. The summed E-state index contributed by atoms with van der Waals surface area (Å²) in [6.45, 7) is 11.6. The molecule has 0 aliphatic carbocycles. The van der Waals surface area contributed by atoms with E-state index < -0.39 is 0 Å². The van der Waals surface area contributed by atoms with E-state index in [0.29, 0.717) is 32.0 Å². The molecule has 0 amide bonds. The van der Waals surface area contributed by atoms with E-state index in [1.54, 1.807) is 0 Å². The summed E-state index contributed by atoms with van der Waals surface area (Å²) in [5, 5.41) is 0. The van der Waals surface area contributed by atoms with Crippen LogP contribution in [-0.2, 0) is 19.1 Å². The zero-order valence-corrected chi connectivity index (χ0v) is 16.7. The molecule has 0 aliphatic rings. The first kappa shape index (κ1) is 25.2. The van der Waals surface area contributed by atoms with Crippen molar-refractivity contribution in [2.75, 3.05) is 13.2 Å². The molecule has 0 aromatic rings. The molecule has 4 heteroatoms. The first-order valence-corrected chi connectivity index (χ1v) is 9.79. The van der Waals surface area contributed by atoms with Crippen LogP contribution in [0.3, 0.4) is 0 Å². The van der Waals surface area contributed by atoms with Crippen LogP contribution in [-0.4, -0.2) is 25.2 Å². The Balaban J connectivity index is 0. The Morgan fingerprint density at radius 3 is 1.58 bits per heavy atom. The summed E-state index contributed by atoms with van der Waals surface area (Å²) >= 11 is 0. The molecule has 0 bridgehead atoms. The maximum atomic E-state index is 11.0. The summed E-state index contributed by atoms with van der Waals surface area (Å²) in [4.78, 5) is 22.0. The topological polar surface area (TPSA) is 52.6 Å². The number of hydrogen-bond donors (Lipinski definition) is 0. The van der Waals surface area contributed by atoms with Gasteiger partial charge in [0, 0.05) is 12.8 Å². The number of carbonyl (C=O) groups excluding carboxylic acids is 2. The highest BCUT2D eigenvalue weighted by molar-refractivity contribution is 5.69. The maximum absolute atomic E-state index is 11.0. The second-order valence-electron chi connectivity index (χ2n) is 6.57. The molecule has 0 aromatic heterocycles. The standard InChI is InChI=1S/2C10H20O2/c1-4-5-6-7-10(11)12-8-9(2)3;1-3-5-7-8-10(11)12-9-6-4-2/h9H,4-8H2,1-3H3;3-9H2,1-2H3. The minimum Gasteiger partial charge on any atom is -0.466 e. The molecule has 24 heavy (non-hydrogen) atoms. The molecule has 0 aliphatic heterocycles. The Morgan fingerprint density at radius 2 is 1.17 bits per heavy atom. The number of hydrogen-bond acceptors (Lipinski definition) is 4. The van der Waals surface area contributed by atoms with Crippen LogP contribution in [0.25, 0.3) is 0 Å². The van der Waals surface area contributed by atoms with E-state index in [4.69, 9.17) is 9.47 Å². The highest BCUT2D eigenvalue weighted by Gasteiger charge is 2.03. The Morgan fingerprint density at radius 1 is 0.708 bits per heavy atom. The molecule has 0 atom stereocenters. The fraction of sp³-hybridized carbons (Fsp3) is 0.900. The molecule has 144 valence electrons. The van der Waals surface area contributed by atoms with Crippen LogP contribution < -0.4 is 0 Å². The summed E-state index contributed by atoms with van der Waals surface area (Å²) < 4.78 is 10.0. The quantitative estimate of drug-likeness (QED) is 0.319. The van der Waals surface area contributed by atoms with Gasteiger partial charge in [-0.25, -0.2) is 0 Å². The predicted molar refractivity (Wildman–Crippen MR) is 99.9 cm³/mol. The van der Waals surface area contributed by atoms with E-state index in [0.717, 1.165) is 51.4 Å². The second kappa shape index (κ2) is 20.0. The van der Waals surface area contributed by atoms with Gasteiger partial charge in [0.25, 0.3) is 0 Å². The molecule has 0 N–H and O–H groups in total. The van der Waals surface area contributed by atoms with E-state index in [1.807, 2.05) is 13.8 Å². The average Bonchev–Trinajstić information content (AvgIpc) is 2.54. The van der Waals surface area contributed by atoms with E-state index in [9.17, 15) is 9.59 Å². The van der Waals surface area contributed by atoms with Crippen molar-refractivity contribution in [2.45, 2.75) is 98.8 Å². The number of rotatable bonds is 13.